The first-order valence-corrected chi connectivity index (χ1v) is 10.6. The Morgan fingerprint density at radius 1 is 1.10 bits per heavy atom. The molecule has 1 fully saturated rings. The number of fused-ring (bicyclic) bond motifs is 1. The number of amides is 2. The van der Waals surface area contributed by atoms with Crippen LogP contribution in [0.1, 0.15) is 46.3 Å². The monoisotopic (exact) mass is 431 g/mol. The van der Waals surface area contributed by atoms with E-state index in [1.165, 1.54) is 0 Å². The molecule has 2 atom stereocenters. The van der Waals surface area contributed by atoms with Gasteiger partial charge in [-0.3, -0.25) is 9.59 Å². The largest absolute Gasteiger partial charge is 0.369 e. The number of primary amides is 1. The summed E-state index contributed by atoms with van der Waals surface area (Å²) >= 11 is 12.6. The van der Waals surface area contributed by atoms with E-state index < -0.39 is 17.9 Å². The van der Waals surface area contributed by atoms with Crippen molar-refractivity contribution in [1.82, 2.24) is 10.2 Å². The molecule has 0 radical (unpaired) electrons. The summed E-state index contributed by atoms with van der Waals surface area (Å²) in [4.78, 5) is 27.9. The Morgan fingerprint density at radius 3 is 2.52 bits per heavy atom. The summed E-state index contributed by atoms with van der Waals surface area (Å²) in [6.07, 6.45) is 1.96. The molecule has 0 bridgehead atoms. The molecule has 5 nitrogen and oxygen atoms in total. The second-order valence-electron chi connectivity index (χ2n) is 7.73. The molecule has 0 aromatic heterocycles. The van der Waals surface area contributed by atoms with Crippen LogP contribution in [0.4, 0.5) is 0 Å². The van der Waals surface area contributed by atoms with Gasteiger partial charge in [-0.2, -0.15) is 0 Å². The molecule has 0 saturated carbocycles. The number of hydrogen-bond acceptors (Lipinski definition) is 3. The zero-order chi connectivity index (χ0) is 20.5. The van der Waals surface area contributed by atoms with Crippen LogP contribution >= 0.6 is 23.2 Å². The third kappa shape index (κ3) is 3.87. The Balaban J connectivity index is 1.85. The number of piperidine rings is 1. The molecule has 0 aliphatic carbocycles. The van der Waals surface area contributed by atoms with E-state index in [2.05, 4.69) is 5.32 Å². The molecule has 1 saturated heterocycles. The van der Waals surface area contributed by atoms with Crippen molar-refractivity contribution in [2.75, 3.05) is 19.6 Å². The molecule has 29 heavy (non-hydrogen) atoms. The molecule has 0 spiro atoms. The Bertz CT molecular complexity index is 943. The van der Waals surface area contributed by atoms with E-state index in [0.29, 0.717) is 39.2 Å². The number of benzene rings is 2. The van der Waals surface area contributed by atoms with Crippen molar-refractivity contribution < 1.29 is 9.59 Å². The maximum absolute atomic E-state index is 13.5. The summed E-state index contributed by atoms with van der Waals surface area (Å²) < 4.78 is 0. The topological polar surface area (TPSA) is 75.4 Å². The fourth-order valence-corrected chi connectivity index (χ4v) is 5.05. The van der Waals surface area contributed by atoms with Crippen LogP contribution in [0.25, 0.3) is 0 Å². The van der Waals surface area contributed by atoms with Gasteiger partial charge in [0.15, 0.2) is 0 Å². The van der Waals surface area contributed by atoms with Gasteiger partial charge in [-0.15, -0.1) is 0 Å². The van der Waals surface area contributed by atoms with Crippen molar-refractivity contribution in [2.45, 2.75) is 24.8 Å². The maximum Gasteiger partial charge on any atom is 0.254 e. The Morgan fingerprint density at radius 2 is 1.83 bits per heavy atom. The summed E-state index contributed by atoms with van der Waals surface area (Å²) in [5.41, 5.74) is 7.75. The number of nitrogens with zero attached hydrogens (tertiary/aromatic N) is 1. The van der Waals surface area contributed by atoms with Gasteiger partial charge in [0, 0.05) is 22.2 Å². The molecule has 7 heteroatoms. The van der Waals surface area contributed by atoms with Gasteiger partial charge in [0.05, 0.1) is 12.0 Å². The third-order valence-electron chi connectivity index (χ3n) is 5.94. The highest BCUT2D eigenvalue weighted by molar-refractivity contribution is 6.35. The SMILES string of the molecule is NC(=O)[C@@H]1c2ccccc2C(=O)N(CC2CCNCC2)[C@H]1c1ccc(Cl)cc1Cl. The lowest BCUT2D eigenvalue weighted by molar-refractivity contribution is -0.121. The number of halogens is 2. The Labute approximate surface area is 180 Å². The average Bonchev–Trinajstić information content (AvgIpc) is 2.71. The van der Waals surface area contributed by atoms with E-state index >= 15 is 0 Å². The first kappa shape index (κ1) is 20.2. The lowest BCUT2D eigenvalue weighted by Gasteiger charge is -2.43. The lowest BCUT2D eigenvalue weighted by Crippen LogP contribution is -2.49. The quantitative estimate of drug-likeness (QED) is 0.773. The van der Waals surface area contributed by atoms with E-state index in [1.807, 2.05) is 12.1 Å². The summed E-state index contributed by atoms with van der Waals surface area (Å²) in [6, 6.07) is 11.8. The average molecular weight is 432 g/mol. The highest BCUT2D eigenvalue weighted by atomic mass is 35.5. The molecule has 2 aromatic carbocycles. The van der Waals surface area contributed by atoms with Crippen LogP contribution in [0.3, 0.4) is 0 Å². The van der Waals surface area contributed by atoms with Crippen molar-refractivity contribution in [2.24, 2.45) is 11.7 Å². The molecule has 2 amide bonds. The highest BCUT2D eigenvalue weighted by Crippen LogP contribution is 2.45. The van der Waals surface area contributed by atoms with Gasteiger partial charge in [0.1, 0.15) is 0 Å². The Kier molecular flexibility index (Phi) is 5.81. The number of nitrogens with two attached hydrogens (primary N) is 1. The molecular weight excluding hydrogens is 409 g/mol. The van der Waals surface area contributed by atoms with Gasteiger partial charge >= 0.3 is 0 Å². The van der Waals surface area contributed by atoms with Crippen LogP contribution in [0.2, 0.25) is 10.0 Å². The van der Waals surface area contributed by atoms with E-state index in [1.54, 1.807) is 35.2 Å². The van der Waals surface area contributed by atoms with Crippen molar-refractivity contribution >= 4 is 35.0 Å². The number of rotatable bonds is 4. The van der Waals surface area contributed by atoms with Gasteiger partial charge < -0.3 is 16.0 Å². The van der Waals surface area contributed by atoms with Crippen molar-refractivity contribution in [3.05, 3.63) is 69.2 Å². The highest BCUT2D eigenvalue weighted by Gasteiger charge is 2.44. The first-order chi connectivity index (χ1) is 14.0. The number of carbonyl (C=O) groups is 2. The predicted molar refractivity (Wildman–Crippen MR) is 114 cm³/mol. The van der Waals surface area contributed by atoms with Gasteiger partial charge in [-0.05, 0) is 61.2 Å². The van der Waals surface area contributed by atoms with E-state index in [-0.39, 0.29) is 5.91 Å². The molecular formula is C22H23Cl2N3O2. The number of hydrogen-bond donors (Lipinski definition) is 2. The number of carbonyl (C=O) groups excluding carboxylic acids is 2. The minimum absolute atomic E-state index is 0.0901. The van der Waals surface area contributed by atoms with Crippen LogP contribution in [0.5, 0.6) is 0 Å². The standard InChI is InChI=1S/C22H23Cl2N3O2/c23-14-5-6-17(18(24)11-14)20-19(21(25)28)15-3-1-2-4-16(15)22(29)27(20)12-13-7-9-26-10-8-13/h1-6,11,13,19-20,26H,7-10,12H2,(H2,25,28)/t19-,20+/m1/s1. The first-order valence-electron chi connectivity index (χ1n) is 9.82. The van der Waals surface area contributed by atoms with E-state index in [9.17, 15) is 9.59 Å². The van der Waals surface area contributed by atoms with Gasteiger partial charge in [0.25, 0.3) is 5.91 Å². The van der Waals surface area contributed by atoms with Crippen LogP contribution in [0.15, 0.2) is 42.5 Å². The second-order valence-corrected chi connectivity index (χ2v) is 8.57. The zero-order valence-corrected chi connectivity index (χ0v) is 17.4. The smallest absolute Gasteiger partial charge is 0.254 e. The molecule has 3 N–H and O–H groups in total. The van der Waals surface area contributed by atoms with Crippen molar-refractivity contribution in [3.8, 4) is 0 Å². The van der Waals surface area contributed by atoms with Crippen LogP contribution in [-0.2, 0) is 4.79 Å². The summed E-state index contributed by atoms with van der Waals surface area (Å²) in [5.74, 6) is -0.888. The molecule has 0 unspecified atom stereocenters. The minimum atomic E-state index is -0.677. The molecule has 2 aromatic rings. The molecule has 4 rings (SSSR count). The van der Waals surface area contributed by atoms with Crippen molar-refractivity contribution in [3.63, 3.8) is 0 Å². The van der Waals surface area contributed by atoms with Gasteiger partial charge in [-0.1, -0.05) is 47.5 Å². The molecule has 152 valence electrons. The fraction of sp³-hybridized carbons (Fsp3) is 0.364. The minimum Gasteiger partial charge on any atom is -0.369 e. The predicted octanol–water partition coefficient (Wildman–Crippen LogP) is 3.76. The van der Waals surface area contributed by atoms with Crippen molar-refractivity contribution in [1.29, 1.82) is 0 Å². The van der Waals surface area contributed by atoms with Gasteiger partial charge in [0.2, 0.25) is 5.91 Å². The molecule has 2 aliphatic heterocycles. The lowest BCUT2D eigenvalue weighted by atomic mass is 9.78. The molecule has 2 heterocycles. The third-order valence-corrected chi connectivity index (χ3v) is 6.50. The van der Waals surface area contributed by atoms with E-state index in [0.717, 1.165) is 25.9 Å². The van der Waals surface area contributed by atoms with Crippen LogP contribution < -0.4 is 11.1 Å². The van der Waals surface area contributed by atoms with Crippen LogP contribution in [-0.4, -0.2) is 36.3 Å². The second kappa shape index (κ2) is 8.34. The molecule has 2 aliphatic rings. The van der Waals surface area contributed by atoms with Gasteiger partial charge in [-0.25, -0.2) is 0 Å². The normalized spacial score (nSPS) is 22.4. The Hall–Kier alpha value is -2.08. The summed E-state index contributed by atoms with van der Waals surface area (Å²) in [7, 11) is 0. The fourth-order valence-electron chi connectivity index (χ4n) is 4.53. The summed E-state index contributed by atoms with van der Waals surface area (Å²) in [5, 5.41) is 4.28. The number of nitrogens with one attached hydrogen (secondary N) is 1. The zero-order valence-electron chi connectivity index (χ0n) is 15.9. The van der Waals surface area contributed by atoms with E-state index in [4.69, 9.17) is 28.9 Å². The maximum atomic E-state index is 13.5. The summed E-state index contributed by atoms with van der Waals surface area (Å²) in [6.45, 7) is 2.41. The van der Waals surface area contributed by atoms with Crippen LogP contribution in [0, 0.1) is 5.92 Å².